The first-order chi connectivity index (χ1) is 16.0. The molecule has 0 aromatic heterocycles. The van der Waals surface area contributed by atoms with Crippen LogP contribution < -0.4 is 0 Å². The van der Waals surface area contributed by atoms with Crippen molar-refractivity contribution in [1.29, 1.82) is 5.26 Å². The second kappa shape index (κ2) is 9.92. The Kier molecular flexibility index (Phi) is 6.79. The zero-order chi connectivity index (χ0) is 23.4. The minimum absolute atomic E-state index is 0.144. The van der Waals surface area contributed by atoms with E-state index in [0.717, 1.165) is 35.9 Å². The van der Waals surface area contributed by atoms with Crippen LogP contribution in [0.2, 0.25) is 0 Å². The molecule has 0 aliphatic heterocycles. The van der Waals surface area contributed by atoms with Crippen LogP contribution in [0, 0.1) is 28.8 Å². The Morgan fingerprint density at radius 2 is 1.48 bits per heavy atom. The lowest BCUT2D eigenvalue weighted by Crippen LogP contribution is -1.95. The third-order valence-corrected chi connectivity index (χ3v) is 5.99. The monoisotopic (exact) mass is 443 g/mol. The molecule has 0 fully saturated rings. The number of aryl methyl sites for hydroxylation is 1. The van der Waals surface area contributed by atoms with Crippen LogP contribution in [0.4, 0.5) is 13.2 Å². The highest BCUT2D eigenvalue weighted by molar-refractivity contribution is 5.89. The molecule has 0 amide bonds. The van der Waals surface area contributed by atoms with Crippen molar-refractivity contribution in [2.45, 2.75) is 39.0 Å². The molecule has 0 unspecified atom stereocenters. The molecule has 4 heteroatoms. The number of halogens is 3. The number of unbranched alkanes of at least 4 members (excludes halogenated alkanes) is 3. The number of hydrogen-bond acceptors (Lipinski definition) is 1. The number of rotatable bonds is 7. The van der Waals surface area contributed by atoms with Gasteiger partial charge in [0, 0.05) is 10.9 Å². The molecule has 1 nitrogen and oxygen atoms in total. The van der Waals surface area contributed by atoms with Gasteiger partial charge in [-0.1, -0.05) is 68.7 Å². The lowest BCUT2D eigenvalue weighted by atomic mass is 9.95. The van der Waals surface area contributed by atoms with Crippen LogP contribution in [-0.4, -0.2) is 0 Å². The van der Waals surface area contributed by atoms with Crippen molar-refractivity contribution >= 4 is 10.8 Å². The van der Waals surface area contributed by atoms with Crippen LogP contribution in [0.5, 0.6) is 0 Å². The van der Waals surface area contributed by atoms with Gasteiger partial charge in [-0.3, -0.25) is 0 Å². The van der Waals surface area contributed by atoms with Gasteiger partial charge in [0.1, 0.15) is 17.5 Å². The Labute approximate surface area is 192 Å². The quantitative estimate of drug-likeness (QED) is 0.262. The molecule has 4 rings (SSSR count). The van der Waals surface area contributed by atoms with Crippen molar-refractivity contribution in [3.8, 4) is 28.3 Å². The highest BCUT2D eigenvalue weighted by Crippen LogP contribution is 2.34. The van der Waals surface area contributed by atoms with Crippen molar-refractivity contribution in [1.82, 2.24) is 0 Å². The summed E-state index contributed by atoms with van der Waals surface area (Å²) < 4.78 is 45.2. The first-order valence-corrected chi connectivity index (χ1v) is 11.2. The third-order valence-electron chi connectivity index (χ3n) is 5.99. The van der Waals surface area contributed by atoms with Crippen LogP contribution >= 0.6 is 0 Å². The Morgan fingerprint density at radius 1 is 0.758 bits per heavy atom. The van der Waals surface area contributed by atoms with E-state index in [0.29, 0.717) is 16.5 Å². The van der Waals surface area contributed by atoms with Crippen LogP contribution in [0.15, 0.2) is 66.7 Å². The summed E-state index contributed by atoms with van der Waals surface area (Å²) in [5, 5.41) is 10.1. The fraction of sp³-hybridized carbons (Fsp3) is 0.207. The molecule has 0 bridgehead atoms. The average molecular weight is 444 g/mol. The maximum Gasteiger partial charge on any atom is 0.138 e. The van der Waals surface area contributed by atoms with Gasteiger partial charge in [0.15, 0.2) is 0 Å². The first-order valence-electron chi connectivity index (χ1n) is 11.2. The number of nitrogens with zero attached hydrogens (tertiary/aromatic N) is 1. The Bertz CT molecular complexity index is 1310. The summed E-state index contributed by atoms with van der Waals surface area (Å²) >= 11 is 0. The van der Waals surface area contributed by atoms with Gasteiger partial charge in [-0.15, -0.1) is 0 Å². The van der Waals surface area contributed by atoms with E-state index in [1.807, 2.05) is 18.2 Å². The number of nitriles is 1. The minimum atomic E-state index is -0.781. The fourth-order valence-corrected chi connectivity index (χ4v) is 4.19. The van der Waals surface area contributed by atoms with Crippen molar-refractivity contribution in [2.24, 2.45) is 0 Å². The largest absolute Gasteiger partial charge is 0.206 e. The van der Waals surface area contributed by atoms with Crippen LogP contribution in [0.3, 0.4) is 0 Å². The van der Waals surface area contributed by atoms with Crippen LogP contribution in [0.25, 0.3) is 33.0 Å². The van der Waals surface area contributed by atoms with E-state index in [1.165, 1.54) is 43.5 Å². The maximum atomic E-state index is 15.3. The first kappa shape index (κ1) is 22.6. The summed E-state index contributed by atoms with van der Waals surface area (Å²) in [6.45, 7) is 2.18. The predicted octanol–water partition coefficient (Wildman–Crippen LogP) is 8.59. The fourth-order valence-electron chi connectivity index (χ4n) is 4.19. The van der Waals surface area contributed by atoms with Gasteiger partial charge in [-0.25, -0.2) is 13.2 Å². The number of benzene rings is 4. The molecule has 0 saturated carbocycles. The molecule has 0 spiro atoms. The summed E-state index contributed by atoms with van der Waals surface area (Å²) in [6, 6.07) is 19.3. The van der Waals surface area contributed by atoms with E-state index in [1.54, 1.807) is 18.2 Å². The molecule has 0 saturated heterocycles. The Morgan fingerprint density at radius 3 is 2.15 bits per heavy atom. The number of fused-ring (bicyclic) bond motifs is 1. The smallest absolute Gasteiger partial charge is 0.138 e. The van der Waals surface area contributed by atoms with Crippen molar-refractivity contribution in [3.05, 3.63) is 95.3 Å². The van der Waals surface area contributed by atoms with E-state index < -0.39 is 17.5 Å². The highest BCUT2D eigenvalue weighted by Gasteiger charge is 2.17. The SMILES string of the molecule is CCCCCCc1ccc2c(F)c(-c3cc(F)c(-c4ccc(C#N)cc4)c(F)c3)ccc2c1. The predicted molar refractivity (Wildman–Crippen MR) is 127 cm³/mol. The van der Waals surface area contributed by atoms with Gasteiger partial charge in [-0.2, -0.15) is 5.26 Å². The second-order valence-corrected chi connectivity index (χ2v) is 8.30. The molecule has 4 aromatic carbocycles. The standard InChI is InChI=1S/C29H24F3N/c1-2-3-4-5-6-19-9-13-24-22(15-19)12-14-25(29(24)32)23-16-26(30)28(27(31)17-23)21-10-7-20(18-33)8-11-21/h7-17H,2-6H2,1H3. The van der Waals surface area contributed by atoms with Crippen LogP contribution in [-0.2, 0) is 6.42 Å². The molecule has 0 heterocycles. The zero-order valence-electron chi connectivity index (χ0n) is 18.5. The van der Waals surface area contributed by atoms with Crippen LogP contribution in [0.1, 0.15) is 43.7 Å². The maximum absolute atomic E-state index is 15.3. The summed E-state index contributed by atoms with van der Waals surface area (Å²) in [6.07, 6.45) is 5.62. The average Bonchev–Trinajstić information content (AvgIpc) is 2.82. The van der Waals surface area contributed by atoms with Crippen molar-refractivity contribution < 1.29 is 13.2 Å². The van der Waals surface area contributed by atoms with Gasteiger partial charge in [0.25, 0.3) is 0 Å². The molecule has 0 radical (unpaired) electrons. The molecule has 0 N–H and O–H groups in total. The molecule has 4 aromatic rings. The Hall–Kier alpha value is -3.58. The molecule has 0 atom stereocenters. The highest BCUT2D eigenvalue weighted by atomic mass is 19.1. The molecule has 33 heavy (non-hydrogen) atoms. The van der Waals surface area contributed by atoms with E-state index >= 15 is 4.39 Å². The van der Waals surface area contributed by atoms with Crippen molar-refractivity contribution in [3.63, 3.8) is 0 Å². The normalized spacial score (nSPS) is 11.0. The van der Waals surface area contributed by atoms with Gasteiger partial charge in [0.05, 0.1) is 17.2 Å². The summed E-state index contributed by atoms with van der Waals surface area (Å²) in [5.41, 5.74) is 1.99. The van der Waals surface area contributed by atoms with Gasteiger partial charge < -0.3 is 0 Å². The topological polar surface area (TPSA) is 23.8 Å². The molecular formula is C29H24F3N. The second-order valence-electron chi connectivity index (χ2n) is 8.30. The van der Waals surface area contributed by atoms with Gasteiger partial charge in [0.2, 0.25) is 0 Å². The molecule has 0 aliphatic rings. The van der Waals surface area contributed by atoms with E-state index in [9.17, 15) is 8.78 Å². The van der Waals surface area contributed by atoms with Gasteiger partial charge >= 0.3 is 0 Å². The van der Waals surface area contributed by atoms with E-state index in [-0.39, 0.29) is 16.7 Å². The zero-order valence-corrected chi connectivity index (χ0v) is 18.5. The van der Waals surface area contributed by atoms with Crippen molar-refractivity contribution in [2.75, 3.05) is 0 Å². The third kappa shape index (κ3) is 4.78. The lowest BCUT2D eigenvalue weighted by Gasteiger charge is -2.12. The summed E-state index contributed by atoms with van der Waals surface area (Å²) in [5.74, 6) is -2.05. The summed E-state index contributed by atoms with van der Waals surface area (Å²) in [7, 11) is 0. The minimum Gasteiger partial charge on any atom is -0.206 e. The van der Waals surface area contributed by atoms with E-state index in [2.05, 4.69) is 6.92 Å². The van der Waals surface area contributed by atoms with Gasteiger partial charge in [-0.05, 0) is 59.2 Å². The summed E-state index contributed by atoms with van der Waals surface area (Å²) in [4.78, 5) is 0. The van der Waals surface area contributed by atoms with E-state index in [4.69, 9.17) is 5.26 Å². The molecule has 0 aliphatic carbocycles. The molecule has 166 valence electrons. The lowest BCUT2D eigenvalue weighted by molar-refractivity contribution is 0.590. The Balaban J connectivity index is 1.66. The number of hydrogen-bond donors (Lipinski definition) is 0. The molecular weight excluding hydrogens is 419 g/mol.